The standard InChI is InChI=1S/C19H23NO2S/c1-15-8-6-7-11-18(15)16(2)20-19(21)14-23-13-12-22-17-9-4-3-5-10-17/h3-11,16H,12-14H2,1-2H3,(H,20,21). The minimum absolute atomic E-state index is 0.0323. The molecule has 0 aliphatic heterocycles. The summed E-state index contributed by atoms with van der Waals surface area (Å²) in [5.74, 6) is 2.17. The van der Waals surface area contributed by atoms with Crippen LogP contribution in [0.2, 0.25) is 0 Å². The molecule has 2 aromatic carbocycles. The van der Waals surface area contributed by atoms with Crippen molar-refractivity contribution in [1.82, 2.24) is 5.32 Å². The molecule has 0 fully saturated rings. The average molecular weight is 329 g/mol. The number of carbonyl (C=O) groups is 1. The summed E-state index contributed by atoms with van der Waals surface area (Å²) in [4.78, 5) is 12.0. The molecule has 122 valence electrons. The van der Waals surface area contributed by atoms with Gasteiger partial charge in [0, 0.05) is 5.75 Å². The lowest BCUT2D eigenvalue weighted by atomic mass is 10.0. The zero-order valence-electron chi connectivity index (χ0n) is 13.6. The monoisotopic (exact) mass is 329 g/mol. The first-order valence-corrected chi connectivity index (χ1v) is 8.93. The van der Waals surface area contributed by atoms with E-state index in [0.29, 0.717) is 12.4 Å². The second-order valence-corrected chi connectivity index (χ2v) is 6.47. The van der Waals surface area contributed by atoms with Gasteiger partial charge in [0.05, 0.1) is 18.4 Å². The Balaban J connectivity index is 1.64. The minimum Gasteiger partial charge on any atom is -0.493 e. The van der Waals surface area contributed by atoms with Crippen LogP contribution in [-0.4, -0.2) is 24.0 Å². The molecule has 2 rings (SSSR count). The highest BCUT2D eigenvalue weighted by molar-refractivity contribution is 7.99. The summed E-state index contributed by atoms with van der Waals surface area (Å²) in [5.41, 5.74) is 2.36. The van der Waals surface area contributed by atoms with Gasteiger partial charge in [-0.1, -0.05) is 42.5 Å². The first kappa shape index (κ1) is 17.4. The fourth-order valence-electron chi connectivity index (χ4n) is 2.33. The molecular formula is C19H23NO2S. The number of carbonyl (C=O) groups excluding carboxylic acids is 1. The van der Waals surface area contributed by atoms with Crippen LogP contribution in [0.1, 0.15) is 24.1 Å². The molecule has 0 heterocycles. The van der Waals surface area contributed by atoms with Crippen LogP contribution in [0, 0.1) is 6.92 Å². The van der Waals surface area contributed by atoms with Crippen LogP contribution >= 0.6 is 11.8 Å². The summed E-state index contributed by atoms with van der Waals surface area (Å²) in [6.45, 7) is 4.69. The maximum absolute atomic E-state index is 12.0. The highest BCUT2D eigenvalue weighted by Crippen LogP contribution is 2.16. The zero-order chi connectivity index (χ0) is 16.5. The molecule has 1 unspecified atom stereocenters. The molecule has 1 amide bonds. The lowest BCUT2D eigenvalue weighted by Crippen LogP contribution is -2.28. The Morgan fingerprint density at radius 3 is 2.57 bits per heavy atom. The van der Waals surface area contributed by atoms with Gasteiger partial charge < -0.3 is 10.1 Å². The molecule has 0 radical (unpaired) electrons. The third kappa shape index (κ3) is 5.99. The van der Waals surface area contributed by atoms with Gasteiger partial charge in [0.15, 0.2) is 0 Å². The molecule has 0 bridgehead atoms. The first-order valence-electron chi connectivity index (χ1n) is 7.77. The van der Waals surface area contributed by atoms with Crippen LogP contribution in [0.5, 0.6) is 5.75 Å². The molecule has 0 spiro atoms. The van der Waals surface area contributed by atoms with Gasteiger partial charge in [0.2, 0.25) is 5.91 Å². The van der Waals surface area contributed by atoms with Crippen LogP contribution in [-0.2, 0) is 4.79 Å². The van der Waals surface area contributed by atoms with Crippen molar-refractivity contribution in [3.05, 3.63) is 65.7 Å². The maximum atomic E-state index is 12.0. The molecular weight excluding hydrogens is 306 g/mol. The average Bonchev–Trinajstić information content (AvgIpc) is 2.56. The molecule has 4 heteroatoms. The minimum atomic E-state index is 0.0323. The Kier molecular flexibility index (Phi) is 7.01. The van der Waals surface area contributed by atoms with Crippen molar-refractivity contribution >= 4 is 17.7 Å². The van der Waals surface area contributed by atoms with E-state index in [4.69, 9.17) is 4.74 Å². The Morgan fingerprint density at radius 2 is 1.83 bits per heavy atom. The van der Waals surface area contributed by atoms with E-state index in [9.17, 15) is 4.79 Å². The van der Waals surface area contributed by atoms with Crippen molar-refractivity contribution in [2.75, 3.05) is 18.1 Å². The Labute approximate surface area is 142 Å². The predicted molar refractivity (Wildman–Crippen MR) is 97.0 cm³/mol. The summed E-state index contributed by atoms with van der Waals surface area (Å²) in [7, 11) is 0. The molecule has 23 heavy (non-hydrogen) atoms. The van der Waals surface area contributed by atoms with Crippen molar-refractivity contribution in [2.24, 2.45) is 0 Å². The third-order valence-electron chi connectivity index (χ3n) is 3.51. The molecule has 1 atom stereocenters. The Morgan fingerprint density at radius 1 is 1.13 bits per heavy atom. The van der Waals surface area contributed by atoms with E-state index in [1.165, 1.54) is 11.1 Å². The molecule has 0 aliphatic rings. The van der Waals surface area contributed by atoms with Crippen molar-refractivity contribution in [2.45, 2.75) is 19.9 Å². The molecule has 3 nitrogen and oxygen atoms in total. The number of nitrogens with one attached hydrogen (secondary N) is 1. The van der Waals surface area contributed by atoms with Gasteiger partial charge in [-0.2, -0.15) is 0 Å². The van der Waals surface area contributed by atoms with E-state index in [1.807, 2.05) is 49.4 Å². The predicted octanol–water partition coefficient (Wildman–Crippen LogP) is 3.98. The summed E-state index contributed by atoms with van der Waals surface area (Å²) in [5, 5.41) is 3.05. The number of hydrogen-bond acceptors (Lipinski definition) is 3. The van der Waals surface area contributed by atoms with E-state index in [-0.39, 0.29) is 11.9 Å². The van der Waals surface area contributed by atoms with E-state index in [2.05, 4.69) is 24.4 Å². The van der Waals surface area contributed by atoms with Crippen molar-refractivity contribution in [3.8, 4) is 5.75 Å². The number of rotatable bonds is 8. The fourth-order valence-corrected chi connectivity index (χ4v) is 2.95. The smallest absolute Gasteiger partial charge is 0.230 e. The van der Waals surface area contributed by atoms with E-state index in [1.54, 1.807) is 11.8 Å². The molecule has 0 aromatic heterocycles. The fraction of sp³-hybridized carbons (Fsp3) is 0.316. The highest BCUT2D eigenvalue weighted by Gasteiger charge is 2.11. The van der Waals surface area contributed by atoms with Crippen LogP contribution in [0.3, 0.4) is 0 Å². The SMILES string of the molecule is Cc1ccccc1C(C)NC(=O)CSCCOc1ccccc1. The molecule has 0 saturated heterocycles. The summed E-state index contributed by atoms with van der Waals surface area (Å²) in [6, 6.07) is 17.9. The zero-order valence-corrected chi connectivity index (χ0v) is 14.4. The summed E-state index contributed by atoms with van der Waals surface area (Å²) in [6.07, 6.45) is 0. The summed E-state index contributed by atoms with van der Waals surface area (Å²) < 4.78 is 5.60. The first-order chi connectivity index (χ1) is 11.2. The molecule has 0 aliphatic carbocycles. The van der Waals surface area contributed by atoms with Crippen LogP contribution in [0.15, 0.2) is 54.6 Å². The number of para-hydroxylation sites is 1. The number of benzene rings is 2. The highest BCUT2D eigenvalue weighted by atomic mass is 32.2. The van der Waals surface area contributed by atoms with Gasteiger partial charge in [-0.3, -0.25) is 4.79 Å². The largest absolute Gasteiger partial charge is 0.493 e. The van der Waals surface area contributed by atoms with E-state index < -0.39 is 0 Å². The van der Waals surface area contributed by atoms with E-state index >= 15 is 0 Å². The quantitative estimate of drug-likeness (QED) is 0.744. The molecule has 1 N–H and O–H groups in total. The van der Waals surface area contributed by atoms with Crippen molar-refractivity contribution in [1.29, 1.82) is 0 Å². The van der Waals surface area contributed by atoms with Gasteiger partial charge in [0.1, 0.15) is 5.75 Å². The number of ether oxygens (including phenoxy) is 1. The number of aryl methyl sites for hydroxylation is 1. The van der Waals surface area contributed by atoms with E-state index in [0.717, 1.165) is 11.5 Å². The second-order valence-electron chi connectivity index (χ2n) is 5.36. The van der Waals surface area contributed by atoms with Crippen LogP contribution in [0.25, 0.3) is 0 Å². The lowest BCUT2D eigenvalue weighted by molar-refractivity contribution is -0.119. The number of thioether (sulfide) groups is 1. The van der Waals surface area contributed by atoms with Gasteiger partial charge >= 0.3 is 0 Å². The molecule has 0 saturated carbocycles. The van der Waals surface area contributed by atoms with Crippen molar-refractivity contribution < 1.29 is 9.53 Å². The summed E-state index contributed by atoms with van der Waals surface area (Å²) >= 11 is 1.58. The normalized spacial score (nSPS) is 11.7. The van der Waals surface area contributed by atoms with Gasteiger partial charge in [-0.15, -0.1) is 11.8 Å². The van der Waals surface area contributed by atoms with Gasteiger partial charge in [-0.05, 0) is 37.1 Å². The van der Waals surface area contributed by atoms with Gasteiger partial charge in [0.25, 0.3) is 0 Å². The Bertz CT molecular complexity index is 616. The number of hydrogen-bond donors (Lipinski definition) is 1. The third-order valence-corrected chi connectivity index (χ3v) is 4.43. The second kappa shape index (κ2) is 9.26. The van der Waals surface area contributed by atoms with Crippen molar-refractivity contribution in [3.63, 3.8) is 0 Å². The number of amides is 1. The topological polar surface area (TPSA) is 38.3 Å². The van der Waals surface area contributed by atoms with Gasteiger partial charge in [-0.25, -0.2) is 0 Å². The molecule has 2 aromatic rings. The van der Waals surface area contributed by atoms with Crippen LogP contribution in [0.4, 0.5) is 0 Å². The lowest BCUT2D eigenvalue weighted by Gasteiger charge is -2.16. The maximum Gasteiger partial charge on any atom is 0.230 e. The van der Waals surface area contributed by atoms with Crippen LogP contribution < -0.4 is 10.1 Å². The Hall–Kier alpha value is -1.94.